The predicted octanol–water partition coefficient (Wildman–Crippen LogP) is -1.80. The summed E-state index contributed by atoms with van der Waals surface area (Å²) in [5.74, 6) is -2.85. The van der Waals surface area contributed by atoms with E-state index >= 15 is 0 Å². The summed E-state index contributed by atoms with van der Waals surface area (Å²) in [6.45, 7) is 0.791. The van der Waals surface area contributed by atoms with E-state index in [1.165, 1.54) is 6.92 Å². The SMILES string of the molecule is CC(NC(=O)CNC=O)C(=O)NCC(=O)C(=O)NCc1ccc(SN)cc1. The molecule has 0 saturated heterocycles. The summed E-state index contributed by atoms with van der Waals surface area (Å²) in [7, 11) is 0. The summed E-state index contributed by atoms with van der Waals surface area (Å²) in [6, 6.07) is 6.18. The minimum absolute atomic E-state index is 0.157. The van der Waals surface area contributed by atoms with E-state index in [4.69, 9.17) is 5.14 Å². The first kappa shape index (κ1) is 22.1. The summed E-state index contributed by atoms with van der Waals surface area (Å²) < 4.78 is 0. The van der Waals surface area contributed by atoms with Crippen LogP contribution in [0, 0.1) is 0 Å². The van der Waals surface area contributed by atoms with Crippen LogP contribution in [0.5, 0.6) is 0 Å². The van der Waals surface area contributed by atoms with Crippen molar-refractivity contribution in [3.05, 3.63) is 29.8 Å². The molecule has 0 aliphatic carbocycles. The zero-order valence-corrected chi connectivity index (χ0v) is 15.4. The second-order valence-corrected chi connectivity index (χ2v) is 6.08. The Morgan fingerprint density at radius 3 is 2.37 bits per heavy atom. The van der Waals surface area contributed by atoms with E-state index in [0.717, 1.165) is 22.4 Å². The Morgan fingerprint density at radius 1 is 1.11 bits per heavy atom. The number of carbonyl (C=O) groups excluding carboxylic acids is 5. The standard InChI is InChI=1S/C16H21N5O5S/c1-10(21-14(24)8-18-9-22)15(25)20-7-13(23)16(26)19-6-11-2-4-12(27-17)5-3-11/h2-5,9-10H,6-8,17H2,1H3,(H,18,22)(H,19,26)(H,20,25)(H,21,24). The average Bonchev–Trinajstić information content (AvgIpc) is 2.68. The van der Waals surface area contributed by atoms with Gasteiger partial charge < -0.3 is 21.3 Å². The number of benzene rings is 1. The van der Waals surface area contributed by atoms with E-state index in [-0.39, 0.29) is 13.1 Å². The van der Waals surface area contributed by atoms with Gasteiger partial charge in [-0.3, -0.25) is 29.1 Å². The van der Waals surface area contributed by atoms with Crippen LogP contribution in [-0.4, -0.2) is 49.0 Å². The zero-order valence-electron chi connectivity index (χ0n) is 14.6. The lowest BCUT2D eigenvalue weighted by molar-refractivity contribution is -0.138. The molecule has 1 aromatic carbocycles. The number of amides is 4. The van der Waals surface area contributed by atoms with Gasteiger partial charge in [0, 0.05) is 11.4 Å². The molecular formula is C16H21N5O5S. The average molecular weight is 395 g/mol. The van der Waals surface area contributed by atoms with Gasteiger partial charge in [-0.25, -0.2) is 0 Å². The summed E-state index contributed by atoms with van der Waals surface area (Å²) in [6.07, 6.45) is 0.354. The normalized spacial score (nSPS) is 11.0. The Kier molecular flexibility index (Phi) is 9.54. The molecule has 146 valence electrons. The van der Waals surface area contributed by atoms with Gasteiger partial charge in [-0.15, -0.1) is 0 Å². The minimum atomic E-state index is -0.930. The quantitative estimate of drug-likeness (QED) is 0.168. The molecule has 1 unspecified atom stereocenters. The summed E-state index contributed by atoms with van der Waals surface area (Å²) in [5.41, 5.74) is 0.790. The van der Waals surface area contributed by atoms with Gasteiger partial charge in [0.1, 0.15) is 6.04 Å². The number of carbonyl (C=O) groups is 5. The van der Waals surface area contributed by atoms with E-state index in [0.29, 0.717) is 6.41 Å². The van der Waals surface area contributed by atoms with E-state index in [1.54, 1.807) is 24.3 Å². The Bertz CT molecular complexity index is 695. The van der Waals surface area contributed by atoms with Crippen LogP contribution in [0.25, 0.3) is 0 Å². The van der Waals surface area contributed by atoms with Crippen molar-refractivity contribution in [1.29, 1.82) is 0 Å². The number of nitrogens with two attached hydrogens (primary N) is 1. The van der Waals surface area contributed by atoms with Crippen molar-refractivity contribution in [2.24, 2.45) is 5.14 Å². The Balaban J connectivity index is 2.34. The molecule has 0 spiro atoms. The lowest BCUT2D eigenvalue weighted by Gasteiger charge is -2.13. The molecule has 0 heterocycles. The van der Waals surface area contributed by atoms with Crippen LogP contribution >= 0.6 is 11.9 Å². The second kappa shape index (κ2) is 11.6. The summed E-state index contributed by atoms with van der Waals surface area (Å²) in [5, 5.41) is 14.6. The van der Waals surface area contributed by atoms with Crippen molar-refractivity contribution in [3.63, 3.8) is 0 Å². The highest BCUT2D eigenvalue weighted by Gasteiger charge is 2.18. The maximum Gasteiger partial charge on any atom is 0.289 e. The second-order valence-electron chi connectivity index (χ2n) is 5.37. The van der Waals surface area contributed by atoms with E-state index in [9.17, 15) is 24.0 Å². The monoisotopic (exact) mass is 395 g/mol. The zero-order chi connectivity index (χ0) is 20.2. The third-order valence-corrected chi connectivity index (χ3v) is 3.85. The van der Waals surface area contributed by atoms with Crippen molar-refractivity contribution >= 4 is 41.9 Å². The first-order valence-corrected chi connectivity index (χ1v) is 8.76. The van der Waals surface area contributed by atoms with Crippen LogP contribution in [0.1, 0.15) is 12.5 Å². The molecular weight excluding hydrogens is 374 g/mol. The summed E-state index contributed by atoms with van der Waals surface area (Å²) in [4.78, 5) is 57.7. The first-order valence-electron chi connectivity index (χ1n) is 7.88. The number of ketones is 1. The fourth-order valence-electron chi connectivity index (χ4n) is 1.86. The largest absolute Gasteiger partial charge is 0.350 e. The van der Waals surface area contributed by atoms with Gasteiger partial charge in [0.05, 0.1) is 13.1 Å². The van der Waals surface area contributed by atoms with Crippen molar-refractivity contribution in [2.45, 2.75) is 24.4 Å². The molecule has 0 bridgehead atoms. The van der Waals surface area contributed by atoms with Gasteiger partial charge in [-0.2, -0.15) is 0 Å². The number of hydrogen-bond acceptors (Lipinski definition) is 7. The smallest absolute Gasteiger partial charge is 0.289 e. The van der Waals surface area contributed by atoms with Gasteiger partial charge in [-0.05, 0) is 36.6 Å². The summed E-state index contributed by atoms with van der Waals surface area (Å²) >= 11 is 1.10. The van der Waals surface area contributed by atoms with Crippen LogP contribution in [0.15, 0.2) is 29.2 Å². The molecule has 0 fully saturated rings. The van der Waals surface area contributed by atoms with Crippen LogP contribution in [0.2, 0.25) is 0 Å². The van der Waals surface area contributed by atoms with Gasteiger partial charge in [0.2, 0.25) is 24.0 Å². The molecule has 1 atom stereocenters. The van der Waals surface area contributed by atoms with Crippen LogP contribution in [0.3, 0.4) is 0 Å². The maximum absolute atomic E-state index is 11.8. The molecule has 0 aliphatic rings. The predicted molar refractivity (Wildman–Crippen MR) is 98.0 cm³/mol. The van der Waals surface area contributed by atoms with Gasteiger partial charge >= 0.3 is 0 Å². The fourth-order valence-corrected chi connectivity index (χ4v) is 2.15. The number of rotatable bonds is 11. The van der Waals surface area contributed by atoms with Crippen molar-refractivity contribution in [1.82, 2.24) is 21.3 Å². The minimum Gasteiger partial charge on any atom is -0.350 e. The first-order chi connectivity index (χ1) is 12.9. The highest BCUT2D eigenvalue weighted by molar-refractivity contribution is 7.97. The van der Waals surface area contributed by atoms with Crippen LogP contribution < -0.4 is 26.4 Å². The molecule has 6 N–H and O–H groups in total. The lowest BCUT2D eigenvalue weighted by Crippen LogP contribution is -2.49. The maximum atomic E-state index is 11.8. The van der Waals surface area contributed by atoms with E-state index in [2.05, 4.69) is 21.3 Å². The molecule has 10 nitrogen and oxygen atoms in total. The topological polar surface area (TPSA) is 159 Å². The Morgan fingerprint density at radius 2 is 1.78 bits per heavy atom. The molecule has 0 radical (unpaired) electrons. The van der Waals surface area contributed by atoms with E-state index in [1.807, 2.05) is 0 Å². The van der Waals surface area contributed by atoms with Gasteiger partial charge in [0.25, 0.3) is 5.91 Å². The third-order valence-electron chi connectivity index (χ3n) is 3.31. The Hall–Kier alpha value is -2.92. The number of Topliss-reactive ketones (excluding diaryl/α,β-unsaturated/α-hetero) is 1. The number of hydrogen-bond donors (Lipinski definition) is 5. The van der Waals surface area contributed by atoms with Crippen LogP contribution in [0.4, 0.5) is 0 Å². The molecule has 0 saturated carbocycles. The highest BCUT2D eigenvalue weighted by atomic mass is 32.2. The molecule has 1 rings (SSSR count). The molecule has 0 aliphatic heterocycles. The van der Waals surface area contributed by atoms with Crippen LogP contribution in [-0.2, 0) is 30.5 Å². The lowest BCUT2D eigenvalue weighted by atomic mass is 10.2. The molecule has 4 amide bonds. The van der Waals surface area contributed by atoms with E-state index < -0.39 is 36.1 Å². The van der Waals surface area contributed by atoms with Gasteiger partial charge in [-0.1, -0.05) is 12.1 Å². The Labute approximate surface area is 160 Å². The van der Waals surface area contributed by atoms with Crippen molar-refractivity contribution in [2.75, 3.05) is 13.1 Å². The molecule has 27 heavy (non-hydrogen) atoms. The third kappa shape index (κ3) is 8.33. The highest BCUT2D eigenvalue weighted by Crippen LogP contribution is 2.12. The molecule has 0 aromatic heterocycles. The molecule has 1 aromatic rings. The van der Waals surface area contributed by atoms with Crippen molar-refractivity contribution in [3.8, 4) is 0 Å². The van der Waals surface area contributed by atoms with Gasteiger partial charge in [0.15, 0.2) is 0 Å². The molecule has 11 heteroatoms. The number of nitrogens with one attached hydrogen (secondary N) is 4. The van der Waals surface area contributed by atoms with Crippen molar-refractivity contribution < 1.29 is 24.0 Å². The fraction of sp³-hybridized carbons (Fsp3) is 0.312.